The molecule has 360 valence electrons. The van der Waals surface area contributed by atoms with Gasteiger partial charge < -0.3 is 29.6 Å². The summed E-state index contributed by atoms with van der Waals surface area (Å²) in [6.45, 7) is 8.27. The van der Waals surface area contributed by atoms with Crippen LogP contribution in [-0.4, -0.2) is 106 Å². The van der Waals surface area contributed by atoms with Gasteiger partial charge in [0.05, 0.1) is 22.3 Å². The van der Waals surface area contributed by atoms with Crippen LogP contribution in [-0.2, 0) is 31.1 Å². The van der Waals surface area contributed by atoms with Gasteiger partial charge in [-0.25, -0.2) is 31.3 Å². The molecule has 1 aliphatic heterocycles. The zero-order chi connectivity index (χ0) is 49.0. The summed E-state index contributed by atoms with van der Waals surface area (Å²) in [7, 11) is -9.69. The number of halogens is 4. The fraction of sp³-hybridized carbons (Fsp3) is 0.298. The lowest BCUT2D eigenvalue weighted by molar-refractivity contribution is -0.0436. The maximum absolute atomic E-state index is 14.0. The molecule has 1 aliphatic rings. The van der Waals surface area contributed by atoms with Gasteiger partial charge in [0.25, 0.3) is 25.8 Å². The van der Waals surface area contributed by atoms with Gasteiger partial charge in [0.1, 0.15) is 27.6 Å². The molecule has 1 saturated heterocycles. The Bertz CT molecular complexity index is 3030. The fourth-order valence-corrected chi connectivity index (χ4v) is 9.58. The lowest BCUT2D eigenvalue weighted by Gasteiger charge is -2.36. The van der Waals surface area contributed by atoms with E-state index in [-0.39, 0.29) is 36.6 Å². The van der Waals surface area contributed by atoms with Crippen molar-refractivity contribution in [2.45, 2.75) is 54.6 Å². The van der Waals surface area contributed by atoms with E-state index in [1.165, 1.54) is 24.2 Å². The number of rotatable bonds is 15. The molecule has 0 bridgehead atoms. The number of H-pyrrole nitrogens is 1. The number of hydrogen-bond donors (Lipinski definition) is 3. The van der Waals surface area contributed by atoms with Crippen molar-refractivity contribution in [3.05, 3.63) is 126 Å². The van der Waals surface area contributed by atoms with Crippen LogP contribution in [0.4, 0.5) is 29.3 Å². The Labute approximate surface area is 397 Å². The zero-order valence-electron chi connectivity index (χ0n) is 37.4. The van der Waals surface area contributed by atoms with Gasteiger partial charge in [-0.05, 0) is 98.5 Å². The number of amides is 2. The van der Waals surface area contributed by atoms with Gasteiger partial charge >= 0.3 is 11.6 Å². The van der Waals surface area contributed by atoms with Crippen molar-refractivity contribution in [3.63, 3.8) is 0 Å². The van der Waals surface area contributed by atoms with Crippen LogP contribution < -0.4 is 19.7 Å². The minimum absolute atomic E-state index is 0.0524. The second-order valence-electron chi connectivity index (χ2n) is 17.0. The van der Waals surface area contributed by atoms with Crippen molar-refractivity contribution >= 4 is 65.9 Å². The third kappa shape index (κ3) is 11.8. The molecule has 1 fully saturated rings. The van der Waals surface area contributed by atoms with E-state index in [9.17, 15) is 39.6 Å². The fourth-order valence-electron chi connectivity index (χ4n) is 7.43. The lowest BCUT2D eigenvalue weighted by atomic mass is 9.99. The largest absolute Gasteiger partial charge is 0.501 e. The number of anilines is 2. The number of aromatic amines is 1. The minimum atomic E-state index is -6.12. The number of alkyl halides is 3. The molecule has 15 nitrogen and oxygen atoms in total. The molecule has 0 aliphatic carbocycles. The summed E-state index contributed by atoms with van der Waals surface area (Å²) in [6.07, 6.45) is 2.61. The summed E-state index contributed by atoms with van der Waals surface area (Å²) in [6, 6.07) is 26.0. The number of sulfone groups is 1. The predicted molar refractivity (Wildman–Crippen MR) is 253 cm³/mol. The van der Waals surface area contributed by atoms with Crippen LogP contribution in [0.15, 0.2) is 119 Å². The van der Waals surface area contributed by atoms with Gasteiger partial charge in [0.2, 0.25) is 0 Å². The van der Waals surface area contributed by atoms with E-state index in [1.807, 2.05) is 41.1 Å². The standard InChI is InChI=1S/C47H49ClF3N7O8S2/c1-46(2,3)66-45(60)56(4)21-7-19-52-40-17-15-37(28-42(40)67(61,62)47(49,50)51)68(63,64)55-44(59)39-16-14-35(27-41(39)65-36-26-32-18-20-53-43(32)54-29-36)58-24-22-57(23-25-58)30-33-8-5-6-9-38(33)31-10-12-34(48)13-11-31/h5-6,8-18,20,26-29,52H,7,19,21-25,30H2,1-4H3,(H,53,54)(H,55,59). The second kappa shape index (κ2) is 20.1. The Morgan fingerprint density at radius 2 is 1.62 bits per heavy atom. The number of aromatic nitrogens is 2. The summed E-state index contributed by atoms with van der Waals surface area (Å²) in [4.78, 5) is 37.0. The van der Waals surface area contributed by atoms with Crippen molar-refractivity contribution in [3.8, 4) is 22.6 Å². The number of pyridine rings is 1. The highest BCUT2D eigenvalue weighted by Gasteiger charge is 2.48. The highest BCUT2D eigenvalue weighted by molar-refractivity contribution is 7.92. The zero-order valence-corrected chi connectivity index (χ0v) is 39.8. The molecule has 7 rings (SSSR count). The highest BCUT2D eigenvalue weighted by atomic mass is 35.5. The van der Waals surface area contributed by atoms with Crippen LogP contribution in [0.2, 0.25) is 5.02 Å². The molecule has 21 heteroatoms. The van der Waals surface area contributed by atoms with E-state index in [1.54, 1.807) is 51.2 Å². The quantitative estimate of drug-likeness (QED) is 0.0832. The second-order valence-corrected chi connectivity index (χ2v) is 21.0. The maximum atomic E-state index is 14.0. The molecule has 6 aromatic rings. The number of nitrogens with one attached hydrogen (secondary N) is 3. The average molecular weight is 997 g/mol. The molecule has 0 radical (unpaired) electrons. The summed E-state index contributed by atoms with van der Waals surface area (Å²) < 4.78 is 109. The number of ether oxygens (including phenoxy) is 2. The van der Waals surface area contributed by atoms with Crippen molar-refractivity contribution in [2.75, 3.05) is 56.5 Å². The minimum Gasteiger partial charge on any atom is -0.455 e. The average Bonchev–Trinajstić information content (AvgIpc) is 3.75. The number of fused-ring (bicyclic) bond motifs is 1. The summed E-state index contributed by atoms with van der Waals surface area (Å²) in [5.74, 6) is -1.04. The SMILES string of the molecule is CN(CCCNc1ccc(S(=O)(=O)NC(=O)c2ccc(N3CCN(Cc4ccccc4-c4ccc(Cl)cc4)CC3)cc2Oc2cnc3[nH]ccc3c2)cc1S(=O)(=O)C(F)(F)F)C(=O)OC(C)(C)C. The molecular formula is C47H49ClF3N7O8S2. The first kappa shape index (κ1) is 49.6. The molecule has 0 spiro atoms. The number of piperazine rings is 1. The van der Waals surface area contributed by atoms with Crippen LogP contribution in [0.1, 0.15) is 43.1 Å². The van der Waals surface area contributed by atoms with Crippen LogP contribution in [0.3, 0.4) is 0 Å². The van der Waals surface area contributed by atoms with Crippen molar-refractivity contribution < 1.29 is 49.1 Å². The van der Waals surface area contributed by atoms with E-state index in [0.717, 1.165) is 28.8 Å². The summed E-state index contributed by atoms with van der Waals surface area (Å²) in [5, 5.41) is 3.94. The Kier molecular flexibility index (Phi) is 14.6. The Hall–Kier alpha value is -6.35. The Balaban J connectivity index is 1.10. The van der Waals surface area contributed by atoms with Crippen molar-refractivity contribution in [2.24, 2.45) is 0 Å². The van der Waals surface area contributed by atoms with Gasteiger partial charge in [0, 0.05) is 81.2 Å². The molecule has 4 aromatic carbocycles. The van der Waals surface area contributed by atoms with Crippen LogP contribution in [0.25, 0.3) is 22.2 Å². The molecular weight excluding hydrogens is 947 g/mol. The molecule has 2 amide bonds. The van der Waals surface area contributed by atoms with Gasteiger partial charge in [-0.1, -0.05) is 48.0 Å². The molecule has 3 N–H and O–H groups in total. The smallest absolute Gasteiger partial charge is 0.455 e. The van der Waals surface area contributed by atoms with Crippen LogP contribution >= 0.6 is 11.6 Å². The third-order valence-electron chi connectivity index (χ3n) is 10.9. The topological polar surface area (TPSA) is 183 Å². The van der Waals surface area contributed by atoms with Crippen molar-refractivity contribution in [1.82, 2.24) is 24.5 Å². The predicted octanol–water partition coefficient (Wildman–Crippen LogP) is 9.08. The third-order valence-corrected chi connectivity index (χ3v) is 14.0. The number of benzene rings is 4. The Morgan fingerprint density at radius 3 is 2.32 bits per heavy atom. The summed E-state index contributed by atoms with van der Waals surface area (Å²) in [5.41, 5.74) is -2.83. The first-order valence-corrected chi connectivity index (χ1v) is 24.7. The van der Waals surface area contributed by atoms with E-state index < -0.39 is 58.4 Å². The summed E-state index contributed by atoms with van der Waals surface area (Å²) >= 11 is 6.14. The van der Waals surface area contributed by atoms with Crippen LogP contribution in [0.5, 0.6) is 11.5 Å². The van der Waals surface area contributed by atoms with Gasteiger partial charge in [-0.3, -0.25) is 9.69 Å². The molecule has 3 heterocycles. The molecule has 0 unspecified atom stereocenters. The molecule has 68 heavy (non-hydrogen) atoms. The molecule has 2 aromatic heterocycles. The first-order valence-electron chi connectivity index (χ1n) is 21.3. The maximum Gasteiger partial charge on any atom is 0.501 e. The Morgan fingerprint density at radius 1 is 0.897 bits per heavy atom. The van der Waals surface area contributed by atoms with Gasteiger partial charge in [-0.2, -0.15) is 13.2 Å². The molecule has 0 atom stereocenters. The van der Waals surface area contributed by atoms with Gasteiger partial charge in [0.15, 0.2) is 0 Å². The number of carbonyl (C=O) groups excluding carboxylic acids is 2. The van der Waals surface area contributed by atoms with E-state index >= 15 is 0 Å². The van der Waals surface area contributed by atoms with E-state index in [4.69, 9.17) is 21.1 Å². The van der Waals surface area contributed by atoms with Crippen LogP contribution in [0, 0.1) is 0 Å². The lowest BCUT2D eigenvalue weighted by Crippen LogP contribution is -2.46. The number of nitrogens with zero attached hydrogens (tertiary/aromatic N) is 4. The highest BCUT2D eigenvalue weighted by Crippen LogP contribution is 2.37. The van der Waals surface area contributed by atoms with E-state index in [0.29, 0.717) is 60.5 Å². The number of carbonyl (C=O) groups is 2. The first-order chi connectivity index (χ1) is 32.1. The number of hydrogen-bond acceptors (Lipinski definition) is 12. The normalized spacial score (nSPS) is 13.9. The van der Waals surface area contributed by atoms with Crippen molar-refractivity contribution in [1.29, 1.82) is 0 Å². The number of sulfonamides is 1. The monoisotopic (exact) mass is 995 g/mol. The van der Waals surface area contributed by atoms with Gasteiger partial charge in [-0.15, -0.1) is 0 Å². The van der Waals surface area contributed by atoms with E-state index in [2.05, 4.69) is 37.2 Å². The molecule has 0 saturated carbocycles.